The van der Waals surface area contributed by atoms with Crippen molar-refractivity contribution in [3.8, 4) is 22.8 Å². The van der Waals surface area contributed by atoms with Gasteiger partial charge in [-0.25, -0.2) is 46.8 Å². The summed E-state index contributed by atoms with van der Waals surface area (Å²) in [5.41, 5.74) is 7.87. The lowest BCUT2D eigenvalue weighted by Gasteiger charge is -2.39. The number of halogens is 3. The summed E-state index contributed by atoms with van der Waals surface area (Å²) in [5, 5.41) is 19.7. The van der Waals surface area contributed by atoms with E-state index in [1.54, 1.807) is 36.5 Å². The van der Waals surface area contributed by atoms with Crippen molar-refractivity contribution in [2.75, 3.05) is 101 Å². The van der Waals surface area contributed by atoms with Crippen molar-refractivity contribution < 1.29 is 36.4 Å². The number of carbonyl (C=O) groups excluding carboxylic acids is 1. The molecule has 22 nitrogen and oxygen atoms in total. The zero-order valence-electron chi connectivity index (χ0n) is 56.0. The lowest BCUT2D eigenvalue weighted by atomic mass is 9.72. The van der Waals surface area contributed by atoms with Gasteiger partial charge in [-0.05, 0) is 154 Å². The molecule has 4 N–H and O–H groups in total. The average Bonchev–Trinajstić information content (AvgIpc) is 1.53. The lowest BCUT2D eigenvalue weighted by molar-refractivity contribution is -0.384. The number of pyridine rings is 2. The van der Waals surface area contributed by atoms with Crippen LogP contribution in [0.1, 0.15) is 100 Å². The Bertz CT molecular complexity index is 4510. The highest BCUT2D eigenvalue weighted by Crippen LogP contribution is 2.44. The molecule has 0 bridgehead atoms. The first-order valence-corrected chi connectivity index (χ1v) is 35.2. The van der Waals surface area contributed by atoms with Crippen LogP contribution in [0, 0.1) is 40.0 Å². The molecule has 13 rings (SSSR count). The number of allylic oxidation sites excluding steroid dienone is 1. The van der Waals surface area contributed by atoms with Crippen LogP contribution < -0.4 is 25.0 Å². The minimum Gasteiger partial charge on any atom is -0.455 e. The van der Waals surface area contributed by atoms with Gasteiger partial charge in [0.05, 0.1) is 33.3 Å². The first-order valence-electron chi connectivity index (χ1n) is 33.4. The molecular formula is C72H82ClF2N15O7S. The molecule has 3 fully saturated rings. The minimum atomic E-state index is -4.55. The van der Waals surface area contributed by atoms with Crippen LogP contribution in [0.15, 0.2) is 132 Å². The first kappa shape index (κ1) is 68.9. The molecule has 0 unspecified atom stereocenters. The fourth-order valence-electron chi connectivity index (χ4n) is 13.3. The van der Waals surface area contributed by atoms with Gasteiger partial charge in [0.25, 0.3) is 21.6 Å². The number of sulfonamides is 1. The number of nitrogens with zero attached hydrogens (tertiary/aromatic N) is 11. The highest BCUT2D eigenvalue weighted by Gasteiger charge is 2.32. The summed E-state index contributed by atoms with van der Waals surface area (Å²) < 4.78 is 72.8. The highest BCUT2D eigenvalue weighted by molar-refractivity contribution is 7.90. The van der Waals surface area contributed by atoms with Crippen LogP contribution in [0.5, 0.6) is 11.5 Å². The van der Waals surface area contributed by atoms with Gasteiger partial charge in [0.15, 0.2) is 11.6 Å². The van der Waals surface area contributed by atoms with Crippen molar-refractivity contribution in [3.63, 3.8) is 0 Å². The summed E-state index contributed by atoms with van der Waals surface area (Å²) in [6, 6.07) is 27.4. The van der Waals surface area contributed by atoms with Gasteiger partial charge in [-0.3, -0.25) is 24.7 Å². The summed E-state index contributed by atoms with van der Waals surface area (Å²) in [6.45, 7) is 24.6. The molecule has 514 valence electrons. The van der Waals surface area contributed by atoms with Crippen molar-refractivity contribution in [2.24, 2.45) is 11.3 Å². The number of likely N-dealkylation sites (N-methyl/N-ethyl adjacent to an activating group) is 1. The second-order valence-electron chi connectivity index (χ2n) is 26.6. The highest BCUT2D eigenvalue weighted by atomic mass is 35.5. The maximum Gasteiger partial charge on any atom is 0.293 e. The Balaban J connectivity index is 0.000000210. The smallest absolute Gasteiger partial charge is 0.293 e. The lowest BCUT2D eigenvalue weighted by Crippen LogP contribution is -2.47. The van der Waals surface area contributed by atoms with E-state index in [0.717, 1.165) is 138 Å². The van der Waals surface area contributed by atoms with Crippen molar-refractivity contribution >= 4 is 84.0 Å². The molecule has 98 heavy (non-hydrogen) atoms. The number of aromatic nitrogens is 7. The number of nitro benzene ring substituents is 1. The predicted molar refractivity (Wildman–Crippen MR) is 378 cm³/mol. The Hall–Kier alpha value is -8.98. The molecule has 0 atom stereocenters. The van der Waals surface area contributed by atoms with Gasteiger partial charge in [0.1, 0.15) is 45.7 Å². The molecule has 1 amide bonds. The third-order valence-corrected chi connectivity index (χ3v) is 20.4. The Morgan fingerprint density at radius 1 is 0.837 bits per heavy atom. The number of H-pyrrole nitrogens is 1. The van der Waals surface area contributed by atoms with Gasteiger partial charge >= 0.3 is 0 Å². The third kappa shape index (κ3) is 16.4. The molecule has 8 heterocycles. The molecule has 4 aromatic carbocycles. The SMILES string of the molecule is CC1(C)CCC(CN2CCN(c3ccc(C(=O)NS(=O)(=O)c4ccc(NCC5CCOCC5)c([N+](=O)[O-])c4)c(Oc4cnc5[nH]ccc5c4)c3)CC2)=C(c2ccc(Cl)cc2)C1.CCN1CCN(Cc2ccc(Nc3ncc(F)c(-c4cc(F)c5nc(C)n(C(C)C)c5c4)n3)nc2)CC1. The van der Waals surface area contributed by atoms with Crippen molar-refractivity contribution in [2.45, 2.75) is 91.1 Å². The number of benzene rings is 4. The predicted octanol–water partition coefficient (Wildman–Crippen LogP) is 13.6. The summed E-state index contributed by atoms with van der Waals surface area (Å²) >= 11 is 6.24. The molecule has 0 saturated carbocycles. The number of nitrogens with one attached hydrogen (secondary N) is 4. The van der Waals surface area contributed by atoms with E-state index in [0.29, 0.717) is 53.9 Å². The van der Waals surface area contributed by atoms with E-state index < -0.39 is 43.1 Å². The molecule has 0 radical (unpaired) electrons. The van der Waals surface area contributed by atoms with E-state index >= 15 is 0 Å². The standard InChI is InChI=1S/C45H50ClN7O7S.C27H32F2N8/c1-45(2)15-11-33(39(26-45)31-3-5-34(46)6-4-31)29-51-17-19-52(20-18-51)35-7-9-38(42(24-35)60-36-23-32-12-16-47-43(32)49-28-36)44(54)50-61(57,58)37-8-10-40(41(25-37)53(55)56)48-27-30-13-21-59-22-14-30;1-5-35-8-10-36(11-9-35)16-19-6-7-24(30-14-19)33-27-31-15-22(29)25(34-27)20-12-21(28)26-23(13-20)37(17(2)3)18(4)32-26/h3-10,12,16,23-25,28,30,48H,11,13-15,17-22,26-27,29H2,1-2H3,(H,47,49)(H,50,54);6-7,12-15,17H,5,8-11,16H2,1-4H3,(H,30,31,33,34). The largest absolute Gasteiger partial charge is 0.455 e. The van der Waals surface area contributed by atoms with Crippen LogP contribution in [0.3, 0.4) is 0 Å². The van der Waals surface area contributed by atoms with Crippen LogP contribution >= 0.6 is 11.6 Å². The van der Waals surface area contributed by atoms with Crippen LogP contribution in [0.25, 0.3) is 38.9 Å². The van der Waals surface area contributed by atoms with Gasteiger partial charge in [-0.1, -0.05) is 56.1 Å². The number of anilines is 4. The summed E-state index contributed by atoms with van der Waals surface area (Å²) in [5.74, 6) is 0.0799. The van der Waals surface area contributed by atoms with E-state index in [2.05, 4.69) is 97.8 Å². The van der Waals surface area contributed by atoms with Crippen LogP contribution in [-0.2, 0) is 21.3 Å². The summed E-state index contributed by atoms with van der Waals surface area (Å²) in [6.07, 6.45) is 11.0. The number of aryl methyl sites for hydroxylation is 1. The van der Waals surface area contributed by atoms with Gasteiger partial charge in [-0.2, -0.15) is 0 Å². The average molecular weight is 1380 g/mol. The number of hydrogen-bond donors (Lipinski definition) is 4. The van der Waals surface area contributed by atoms with Crippen molar-refractivity contribution in [1.82, 2.24) is 53.9 Å². The number of hydrogen-bond acceptors (Lipinski definition) is 18. The maximum atomic E-state index is 14.9. The number of piperazine rings is 2. The topological polar surface area (TPSA) is 247 Å². The van der Waals surface area contributed by atoms with Crippen LogP contribution in [0.2, 0.25) is 5.02 Å². The molecular weight excluding hydrogens is 1290 g/mol. The van der Waals surface area contributed by atoms with E-state index in [4.69, 9.17) is 21.1 Å². The molecule has 3 aliphatic heterocycles. The van der Waals surface area contributed by atoms with Crippen molar-refractivity contribution in [3.05, 3.63) is 177 Å². The fraction of sp³-hybridized carbons (Fsp3) is 0.389. The number of rotatable bonds is 20. The third-order valence-electron chi connectivity index (χ3n) is 18.8. The van der Waals surface area contributed by atoms with Gasteiger partial charge in [0.2, 0.25) is 5.95 Å². The number of ether oxygens (including phenoxy) is 2. The van der Waals surface area contributed by atoms with E-state index in [1.807, 2.05) is 61.9 Å². The molecule has 5 aromatic heterocycles. The number of amides is 1. The maximum absolute atomic E-state index is 14.9. The number of imidazole rings is 1. The van der Waals surface area contributed by atoms with Crippen LogP contribution in [-0.4, -0.2) is 154 Å². The molecule has 1 aliphatic carbocycles. The number of carbonyl (C=O) groups is 1. The molecule has 3 saturated heterocycles. The monoisotopic (exact) mass is 1370 g/mol. The molecule has 0 spiro atoms. The van der Waals surface area contributed by atoms with E-state index in [-0.39, 0.29) is 51.5 Å². The molecule has 26 heteroatoms. The number of aromatic amines is 1. The molecule has 9 aromatic rings. The van der Waals surface area contributed by atoms with Crippen molar-refractivity contribution in [1.29, 1.82) is 0 Å². The summed E-state index contributed by atoms with van der Waals surface area (Å²) in [4.78, 5) is 59.2. The second-order valence-corrected chi connectivity index (χ2v) is 28.7. The second kappa shape index (κ2) is 30.0. The summed E-state index contributed by atoms with van der Waals surface area (Å²) in [7, 11) is -4.55. The number of fused-ring (bicyclic) bond motifs is 2. The van der Waals surface area contributed by atoms with Crippen LogP contribution in [0.4, 0.5) is 37.6 Å². The number of nitro groups is 1. The zero-order valence-corrected chi connectivity index (χ0v) is 57.5. The molecule has 4 aliphatic rings. The van der Waals surface area contributed by atoms with E-state index in [9.17, 15) is 32.1 Å². The van der Waals surface area contributed by atoms with E-state index in [1.165, 1.54) is 41.1 Å². The van der Waals surface area contributed by atoms with Gasteiger partial charge < -0.3 is 39.5 Å². The Labute approximate surface area is 574 Å². The minimum absolute atomic E-state index is 0.00954. The Morgan fingerprint density at radius 3 is 2.31 bits per heavy atom. The Kier molecular flexibility index (Phi) is 21.1. The fourth-order valence-corrected chi connectivity index (χ4v) is 14.4. The first-order chi connectivity index (χ1) is 47.1. The Morgan fingerprint density at radius 2 is 1.58 bits per heavy atom. The quantitative estimate of drug-likeness (QED) is 0.0409. The van der Waals surface area contributed by atoms with Gasteiger partial charge in [0, 0.05) is 137 Å². The zero-order chi connectivity index (χ0) is 68.8. The van der Waals surface area contributed by atoms with Gasteiger partial charge in [-0.15, -0.1) is 0 Å². The normalized spacial score (nSPS) is 16.7.